The molecule has 1 aromatic carbocycles. The zero-order valence-electron chi connectivity index (χ0n) is 18.4. The fourth-order valence-corrected chi connectivity index (χ4v) is 5.46. The van der Waals surface area contributed by atoms with Crippen LogP contribution in [-0.4, -0.2) is 62.3 Å². The Bertz CT molecular complexity index is 844. The van der Waals surface area contributed by atoms with Crippen molar-refractivity contribution >= 4 is 15.9 Å². The first kappa shape index (κ1) is 23.0. The van der Waals surface area contributed by atoms with Gasteiger partial charge >= 0.3 is 0 Å². The molecule has 2 aliphatic heterocycles. The van der Waals surface area contributed by atoms with Gasteiger partial charge in [-0.25, -0.2) is 8.42 Å². The SMILES string of the molecule is CC(C)=CCN1CCC(NC(=O)c2ccc(S(=O)(=O)N3CCC(C)CC3)cc2)CC1. The highest BCUT2D eigenvalue weighted by atomic mass is 32.2. The molecule has 2 aliphatic rings. The van der Waals surface area contributed by atoms with Crippen LogP contribution in [0.4, 0.5) is 0 Å². The summed E-state index contributed by atoms with van der Waals surface area (Å²) in [5, 5.41) is 3.11. The summed E-state index contributed by atoms with van der Waals surface area (Å²) in [7, 11) is -3.48. The third-order valence-corrected chi connectivity index (χ3v) is 8.09. The first-order chi connectivity index (χ1) is 14.3. The van der Waals surface area contributed by atoms with E-state index >= 15 is 0 Å². The first-order valence-corrected chi connectivity index (χ1v) is 12.5. The van der Waals surface area contributed by atoms with Crippen LogP contribution in [0, 0.1) is 5.92 Å². The van der Waals surface area contributed by atoms with Gasteiger partial charge in [-0.05, 0) is 69.7 Å². The van der Waals surface area contributed by atoms with E-state index in [4.69, 9.17) is 0 Å². The second-order valence-corrected chi connectivity index (χ2v) is 10.9. The Hall–Kier alpha value is -1.70. The van der Waals surface area contributed by atoms with Gasteiger partial charge in [-0.2, -0.15) is 4.31 Å². The van der Waals surface area contributed by atoms with Crippen LogP contribution < -0.4 is 5.32 Å². The van der Waals surface area contributed by atoms with Crippen molar-refractivity contribution in [3.63, 3.8) is 0 Å². The minimum atomic E-state index is -3.48. The third-order valence-electron chi connectivity index (χ3n) is 6.18. The van der Waals surface area contributed by atoms with Crippen molar-refractivity contribution in [2.75, 3.05) is 32.7 Å². The molecule has 0 radical (unpaired) electrons. The molecule has 0 atom stereocenters. The van der Waals surface area contributed by atoms with Crippen LogP contribution in [-0.2, 0) is 10.0 Å². The molecule has 2 saturated heterocycles. The molecule has 3 rings (SSSR count). The predicted octanol–water partition coefficient (Wildman–Crippen LogP) is 3.27. The Kier molecular flexibility index (Phi) is 7.71. The van der Waals surface area contributed by atoms with Crippen LogP contribution in [0.1, 0.15) is 56.8 Å². The monoisotopic (exact) mass is 433 g/mol. The van der Waals surface area contributed by atoms with Crippen molar-refractivity contribution in [3.05, 3.63) is 41.5 Å². The molecule has 7 heteroatoms. The summed E-state index contributed by atoms with van der Waals surface area (Å²) >= 11 is 0. The molecule has 2 fully saturated rings. The van der Waals surface area contributed by atoms with E-state index < -0.39 is 10.0 Å². The second kappa shape index (κ2) is 10.1. The van der Waals surface area contributed by atoms with E-state index in [1.54, 1.807) is 28.6 Å². The zero-order chi connectivity index (χ0) is 21.7. The lowest BCUT2D eigenvalue weighted by atomic mass is 10.0. The Morgan fingerprint density at radius 1 is 1.03 bits per heavy atom. The fraction of sp³-hybridized carbons (Fsp3) is 0.609. The first-order valence-electron chi connectivity index (χ1n) is 11.0. The van der Waals surface area contributed by atoms with Gasteiger partial charge in [0.25, 0.3) is 5.91 Å². The maximum absolute atomic E-state index is 12.8. The topological polar surface area (TPSA) is 69.7 Å². The molecular weight excluding hydrogens is 398 g/mol. The van der Waals surface area contributed by atoms with Crippen LogP contribution in [0.25, 0.3) is 0 Å². The van der Waals surface area contributed by atoms with Gasteiger partial charge in [0.15, 0.2) is 0 Å². The van der Waals surface area contributed by atoms with E-state index in [0.717, 1.165) is 45.3 Å². The van der Waals surface area contributed by atoms with E-state index in [9.17, 15) is 13.2 Å². The molecule has 166 valence electrons. The minimum Gasteiger partial charge on any atom is -0.349 e. The fourth-order valence-electron chi connectivity index (χ4n) is 3.99. The van der Waals surface area contributed by atoms with Gasteiger partial charge in [-0.15, -0.1) is 0 Å². The summed E-state index contributed by atoms with van der Waals surface area (Å²) in [6.07, 6.45) is 5.89. The number of carbonyl (C=O) groups excluding carboxylic acids is 1. The normalized spacial score (nSPS) is 20.1. The van der Waals surface area contributed by atoms with E-state index in [0.29, 0.717) is 24.6 Å². The largest absolute Gasteiger partial charge is 0.349 e. The van der Waals surface area contributed by atoms with Gasteiger partial charge in [0.1, 0.15) is 0 Å². The van der Waals surface area contributed by atoms with E-state index in [1.165, 1.54) is 5.57 Å². The van der Waals surface area contributed by atoms with Crippen LogP contribution in [0.2, 0.25) is 0 Å². The average Bonchev–Trinajstić information content (AvgIpc) is 2.73. The van der Waals surface area contributed by atoms with Crippen LogP contribution >= 0.6 is 0 Å². The number of nitrogens with one attached hydrogen (secondary N) is 1. The average molecular weight is 434 g/mol. The number of allylic oxidation sites excluding steroid dienone is 1. The molecule has 6 nitrogen and oxygen atoms in total. The van der Waals surface area contributed by atoms with Crippen LogP contribution in [0.3, 0.4) is 0 Å². The van der Waals surface area contributed by atoms with Gasteiger partial charge in [-0.3, -0.25) is 9.69 Å². The quantitative estimate of drug-likeness (QED) is 0.699. The number of sulfonamides is 1. The zero-order valence-corrected chi connectivity index (χ0v) is 19.2. The molecular formula is C23H35N3O3S. The maximum Gasteiger partial charge on any atom is 0.251 e. The molecule has 0 spiro atoms. The Labute approximate surface area is 181 Å². The predicted molar refractivity (Wildman–Crippen MR) is 120 cm³/mol. The lowest BCUT2D eigenvalue weighted by molar-refractivity contribution is 0.0914. The second-order valence-electron chi connectivity index (χ2n) is 8.94. The van der Waals surface area contributed by atoms with Crippen molar-refractivity contribution in [1.29, 1.82) is 0 Å². The minimum absolute atomic E-state index is 0.131. The van der Waals surface area contributed by atoms with Crippen molar-refractivity contribution in [1.82, 2.24) is 14.5 Å². The highest BCUT2D eigenvalue weighted by Gasteiger charge is 2.28. The van der Waals surface area contributed by atoms with E-state index in [1.807, 2.05) is 0 Å². The van der Waals surface area contributed by atoms with Crippen molar-refractivity contribution in [2.24, 2.45) is 5.92 Å². The number of hydrogen-bond donors (Lipinski definition) is 1. The molecule has 0 aliphatic carbocycles. The van der Waals surface area contributed by atoms with Gasteiger partial charge in [0.05, 0.1) is 4.90 Å². The van der Waals surface area contributed by atoms with Crippen LogP contribution in [0.15, 0.2) is 40.8 Å². The lowest BCUT2D eigenvalue weighted by Crippen LogP contribution is -2.44. The summed E-state index contributed by atoms with van der Waals surface area (Å²) in [4.78, 5) is 15.3. The highest BCUT2D eigenvalue weighted by Crippen LogP contribution is 2.23. The van der Waals surface area contributed by atoms with E-state index in [-0.39, 0.29) is 16.8 Å². The molecule has 1 N–H and O–H groups in total. The Morgan fingerprint density at radius 2 is 1.63 bits per heavy atom. The van der Waals surface area contributed by atoms with Gasteiger partial charge in [0, 0.05) is 44.3 Å². The molecule has 30 heavy (non-hydrogen) atoms. The molecule has 0 aromatic heterocycles. The summed E-state index contributed by atoms with van der Waals surface area (Å²) in [6.45, 7) is 10.4. The molecule has 1 amide bonds. The van der Waals surface area contributed by atoms with Crippen molar-refractivity contribution in [2.45, 2.75) is 57.4 Å². The Morgan fingerprint density at radius 3 is 2.20 bits per heavy atom. The number of benzene rings is 1. The number of carbonyl (C=O) groups is 1. The number of hydrogen-bond acceptors (Lipinski definition) is 4. The summed E-state index contributed by atoms with van der Waals surface area (Å²) < 4.78 is 27.2. The lowest BCUT2D eigenvalue weighted by Gasteiger charge is -2.31. The van der Waals surface area contributed by atoms with Crippen molar-refractivity contribution in [3.8, 4) is 0 Å². The molecule has 0 unspecified atom stereocenters. The number of rotatable bonds is 6. The molecule has 1 aromatic rings. The summed E-state index contributed by atoms with van der Waals surface area (Å²) in [5.74, 6) is 0.440. The van der Waals surface area contributed by atoms with Gasteiger partial charge < -0.3 is 5.32 Å². The molecule has 0 bridgehead atoms. The number of likely N-dealkylation sites (tertiary alicyclic amines) is 1. The number of piperidine rings is 2. The standard InChI is InChI=1S/C23H35N3O3S/c1-18(2)8-13-25-14-11-21(12-15-25)24-23(27)20-4-6-22(7-5-20)30(28,29)26-16-9-19(3)10-17-26/h4-8,19,21H,9-17H2,1-3H3,(H,24,27). The summed E-state index contributed by atoms with van der Waals surface area (Å²) in [5.41, 5.74) is 1.83. The van der Waals surface area contributed by atoms with Crippen molar-refractivity contribution < 1.29 is 13.2 Å². The number of nitrogens with zero attached hydrogens (tertiary/aromatic N) is 2. The highest BCUT2D eigenvalue weighted by molar-refractivity contribution is 7.89. The summed E-state index contributed by atoms with van der Waals surface area (Å²) in [6, 6.07) is 6.53. The van der Waals surface area contributed by atoms with E-state index in [2.05, 4.69) is 37.1 Å². The third kappa shape index (κ3) is 5.93. The Balaban J connectivity index is 1.54. The maximum atomic E-state index is 12.8. The molecule has 0 saturated carbocycles. The van der Waals surface area contributed by atoms with Gasteiger partial charge in [-0.1, -0.05) is 18.6 Å². The van der Waals surface area contributed by atoms with Crippen LogP contribution in [0.5, 0.6) is 0 Å². The molecule has 2 heterocycles. The smallest absolute Gasteiger partial charge is 0.251 e. The van der Waals surface area contributed by atoms with Gasteiger partial charge in [0.2, 0.25) is 10.0 Å². The number of amides is 1.